The van der Waals surface area contributed by atoms with E-state index in [9.17, 15) is 13.2 Å². The highest BCUT2D eigenvalue weighted by molar-refractivity contribution is 5.69. The molecule has 3 rings (SSSR count). The van der Waals surface area contributed by atoms with Crippen LogP contribution in [0.5, 0.6) is 5.75 Å². The number of nitrogens with zero attached hydrogens (tertiary/aromatic N) is 2. The average molecular weight is 430 g/mol. The molecule has 0 fully saturated rings. The molecule has 0 saturated carbocycles. The molecule has 1 heterocycles. The van der Waals surface area contributed by atoms with Gasteiger partial charge in [0.1, 0.15) is 11.6 Å². The van der Waals surface area contributed by atoms with Crippen molar-refractivity contribution < 1.29 is 17.9 Å². The van der Waals surface area contributed by atoms with Gasteiger partial charge in [-0.2, -0.15) is 4.98 Å². The highest BCUT2D eigenvalue weighted by Gasteiger charge is 2.31. The van der Waals surface area contributed by atoms with Gasteiger partial charge in [0.2, 0.25) is 5.95 Å². The Morgan fingerprint density at radius 2 is 1.65 bits per heavy atom. The summed E-state index contributed by atoms with van der Waals surface area (Å²) in [6.07, 6.45) is -4.77. The summed E-state index contributed by atoms with van der Waals surface area (Å²) in [5.74, 6) is 0.575. The molecule has 0 unspecified atom stereocenters. The Labute approximate surface area is 179 Å². The third kappa shape index (κ3) is 6.60. The van der Waals surface area contributed by atoms with Gasteiger partial charge >= 0.3 is 6.36 Å². The van der Waals surface area contributed by atoms with Crippen LogP contribution in [0.2, 0.25) is 0 Å². The van der Waals surface area contributed by atoms with Gasteiger partial charge in [-0.25, -0.2) is 4.98 Å². The van der Waals surface area contributed by atoms with Gasteiger partial charge in [0.15, 0.2) is 0 Å². The van der Waals surface area contributed by atoms with E-state index in [2.05, 4.69) is 25.3 Å². The summed E-state index contributed by atoms with van der Waals surface area (Å²) in [6, 6.07) is 13.5. The van der Waals surface area contributed by atoms with E-state index in [1.54, 1.807) is 12.1 Å². The highest BCUT2D eigenvalue weighted by Crippen LogP contribution is 2.30. The van der Waals surface area contributed by atoms with Crippen molar-refractivity contribution >= 4 is 17.5 Å². The first-order valence-corrected chi connectivity index (χ1v) is 9.76. The lowest BCUT2D eigenvalue weighted by Gasteiger charge is -2.21. The molecule has 31 heavy (non-hydrogen) atoms. The molecule has 3 aromatic rings. The van der Waals surface area contributed by atoms with Crippen molar-refractivity contribution in [3.63, 3.8) is 0 Å². The maximum Gasteiger partial charge on any atom is 0.573 e. The zero-order valence-electron chi connectivity index (χ0n) is 18.1. The van der Waals surface area contributed by atoms with Crippen LogP contribution in [0.15, 0.2) is 48.5 Å². The molecular weight excluding hydrogens is 405 g/mol. The minimum atomic E-state index is -4.77. The number of benzene rings is 2. The number of nitrogens with one attached hydrogen (secondary N) is 2. The second-order valence-corrected chi connectivity index (χ2v) is 8.36. The topological polar surface area (TPSA) is 59.1 Å². The molecule has 0 amide bonds. The van der Waals surface area contributed by atoms with E-state index >= 15 is 0 Å². The Balaban J connectivity index is 2.03. The fraction of sp³-hybridized carbons (Fsp3) is 0.304. The quantitative estimate of drug-likeness (QED) is 0.477. The first kappa shape index (κ1) is 22.4. The Morgan fingerprint density at radius 3 is 2.32 bits per heavy atom. The van der Waals surface area contributed by atoms with Crippen LogP contribution >= 0.6 is 0 Å². The molecule has 8 heteroatoms. The lowest BCUT2D eigenvalue weighted by Crippen LogP contribution is -2.27. The third-order valence-electron chi connectivity index (χ3n) is 4.23. The molecule has 0 aliphatic heterocycles. The summed E-state index contributed by atoms with van der Waals surface area (Å²) in [7, 11) is 0. The first-order valence-electron chi connectivity index (χ1n) is 9.76. The van der Waals surface area contributed by atoms with Crippen LogP contribution in [-0.2, 0) is 0 Å². The summed E-state index contributed by atoms with van der Waals surface area (Å²) in [5, 5.41) is 6.52. The molecule has 1 aromatic heterocycles. The number of hydrogen-bond donors (Lipinski definition) is 2. The molecule has 5 nitrogen and oxygen atoms in total. The fourth-order valence-electron chi connectivity index (χ4n) is 2.91. The fourth-order valence-corrected chi connectivity index (χ4v) is 2.91. The van der Waals surface area contributed by atoms with Crippen molar-refractivity contribution in [2.24, 2.45) is 0 Å². The molecule has 2 aromatic carbocycles. The standard InChI is InChI=1S/C23H25F3N4O/c1-14-9-10-15(2)18(11-14)27-20-13-19(28-21(29-20)30-22(3,4)5)16-7-6-8-17(12-16)31-23(24,25)26/h6-13H,1-5H3,(H2,27,28,29,30). The Hall–Kier alpha value is -3.29. The number of anilines is 3. The van der Waals surface area contributed by atoms with Crippen LogP contribution in [0.4, 0.5) is 30.6 Å². The number of rotatable bonds is 5. The first-order chi connectivity index (χ1) is 14.4. The van der Waals surface area contributed by atoms with Crippen molar-refractivity contribution in [3.8, 4) is 17.0 Å². The minimum absolute atomic E-state index is 0.307. The molecule has 164 valence electrons. The van der Waals surface area contributed by atoms with Gasteiger partial charge in [0.05, 0.1) is 5.69 Å². The maximum atomic E-state index is 12.6. The molecule has 0 saturated heterocycles. The molecule has 2 N–H and O–H groups in total. The van der Waals surface area contributed by atoms with E-state index in [0.717, 1.165) is 16.8 Å². The van der Waals surface area contributed by atoms with Crippen LogP contribution in [0.25, 0.3) is 11.3 Å². The number of ether oxygens (including phenoxy) is 1. The second-order valence-electron chi connectivity index (χ2n) is 8.36. The van der Waals surface area contributed by atoms with E-state index in [0.29, 0.717) is 23.0 Å². The molecule has 0 aliphatic rings. The summed E-state index contributed by atoms with van der Waals surface area (Å²) < 4.78 is 42.0. The zero-order valence-corrected chi connectivity index (χ0v) is 18.1. The van der Waals surface area contributed by atoms with Crippen molar-refractivity contribution in [2.45, 2.75) is 46.5 Å². The molecule has 0 aliphatic carbocycles. The van der Waals surface area contributed by atoms with Crippen molar-refractivity contribution in [1.82, 2.24) is 9.97 Å². The Bertz CT molecular complexity index is 1080. The largest absolute Gasteiger partial charge is 0.573 e. The molecule has 0 atom stereocenters. The van der Waals surface area contributed by atoms with E-state index in [1.165, 1.54) is 18.2 Å². The smallest absolute Gasteiger partial charge is 0.406 e. The predicted molar refractivity (Wildman–Crippen MR) is 117 cm³/mol. The number of aryl methyl sites for hydroxylation is 2. The molecule has 0 spiro atoms. The van der Waals surface area contributed by atoms with Gasteiger partial charge in [0.25, 0.3) is 0 Å². The van der Waals surface area contributed by atoms with Crippen LogP contribution in [-0.4, -0.2) is 21.9 Å². The van der Waals surface area contributed by atoms with Gasteiger partial charge in [-0.3, -0.25) is 0 Å². The van der Waals surface area contributed by atoms with Gasteiger partial charge in [-0.1, -0.05) is 24.3 Å². The van der Waals surface area contributed by atoms with E-state index in [1.807, 2.05) is 52.8 Å². The van der Waals surface area contributed by atoms with E-state index < -0.39 is 6.36 Å². The average Bonchev–Trinajstić information content (AvgIpc) is 2.62. The SMILES string of the molecule is Cc1ccc(C)c(Nc2cc(-c3cccc(OC(F)(F)F)c3)nc(NC(C)(C)C)n2)c1. The molecular formula is C23H25F3N4O. The summed E-state index contributed by atoms with van der Waals surface area (Å²) in [6.45, 7) is 9.89. The van der Waals surface area contributed by atoms with Gasteiger partial charge in [0, 0.05) is 22.9 Å². The van der Waals surface area contributed by atoms with Crippen molar-refractivity contribution in [3.05, 3.63) is 59.7 Å². The van der Waals surface area contributed by atoms with Crippen molar-refractivity contribution in [2.75, 3.05) is 10.6 Å². The minimum Gasteiger partial charge on any atom is -0.406 e. The van der Waals surface area contributed by atoms with Crippen LogP contribution < -0.4 is 15.4 Å². The summed E-state index contributed by atoms with van der Waals surface area (Å²) >= 11 is 0. The predicted octanol–water partition coefficient (Wildman–Crippen LogP) is 6.61. The number of hydrogen-bond acceptors (Lipinski definition) is 5. The van der Waals surface area contributed by atoms with Gasteiger partial charge in [-0.05, 0) is 63.9 Å². The zero-order chi connectivity index (χ0) is 22.8. The van der Waals surface area contributed by atoms with E-state index in [-0.39, 0.29) is 11.3 Å². The number of alkyl halides is 3. The maximum absolute atomic E-state index is 12.6. The Morgan fingerprint density at radius 1 is 0.903 bits per heavy atom. The third-order valence-corrected chi connectivity index (χ3v) is 4.23. The summed E-state index contributed by atoms with van der Waals surface area (Å²) in [4.78, 5) is 9.06. The lowest BCUT2D eigenvalue weighted by molar-refractivity contribution is -0.274. The second kappa shape index (κ2) is 8.45. The Kier molecular flexibility index (Phi) is 6.10. The number of halogens is 3. The lowest BCUT2D eigenvalue weighted by atomic mass is 10.1. The number of aromatic nitrogens is 2. The summed E-state index contributed by atoms with van der Waals surface area (Å²) in [5.41, 5.74) is 3.65. The van der Waals surface area contributed by atoms with Crippen molar-refractivity contribution in [1.29, 1.82) is 0 Å². The highest BCUT2D eigenvalue weighted by atomic mass is 19.4. The molecule has 0 bridgehead atoms. The monoisotopic (exact) mass is 430 g/mol. The van der Waals surface area contributed by atoms with Crippen LogP contribution in [0.1, 0.15) is 31.9 Å². The normalized spacial score (nSPS) is 11.9. The van der Waals surface area contributed by atoms with E-state index in [4.69, 9.17) is 0 Å². The van der Waals surface area contributed by atoms with Crippen LogP contribution in [0.3, 0.4) is 0 Å². The van der Waals surface area contributed by atoms with Gasteiger partial charge < -0.3 is 15.4 Å². The molecule has 0 radical (unpaired) electrons. The van der Waals surface area contributed by atoms with Crippen LogP contribution in [0, 0.1) is 13.8 Å². The van der Waals surface area contributed by atoms with Gasteiger partial charge in [-0.15, -0.1) is 13.2 Å².